The Bertz CT molecular complexity index is 424. The number of allylic oxidation sites excluding steroid dienone is 2. The van der Waals surface area contributed by atoms with Gasteiger partial charge in [-0.3, -0.25) is 0 Å². The first-order valence-electron chi connectivity index (χ1n) is 6.22. The summed E-state index contributed by atoms with van der Waals surface area (Å²) in [6, 6.07) is 6.87. The molecule has 1 aromatic carbocycles. The van der Waals surface area contributed by atoms with Crippen molar-refractivity contribution in [2.45, 2.75) is 45.4 Å². The number of aryl methyl sites for hydroxylation is 1. The van der Waals surface area contributed by atoms with E-state index in [0.29, 0.717) is 0 Å². The molecule has 0 fully saturated rings. The Kier molecular flexibility index (Phi) is 2.16. The molecule has 0 saturated carbocycles. The van der Waals surface area contributed by atoms with Gasteiger partial charge in [0.05, 0.1) is 0 Å². The first-order valence-corrected chi connectivity index (χ1v) is 6.22. The maximum Gasteiger partial charge on any atom is -0.00549 e. The third-order valence-corrected chi connectivity index (χ3v) is 3.91. The third kappa shape index (κ3) is 1.35. The van der Waals surface area contributed by atoms with Gasteiger partial charge in [-0.2, -0.15) is 0 Å². The van der Waals surface area contributed by atoms with Gasteiger partial charge in [0.25, 0.3) is 0 Å². The van der Waals surface area contributed by atoms with E-state index in [-0.39, 0.29) is 0 Å². The lowest BCUT2D eigenvalue weighted by atomic mass is 9.89. The number of fused-ring (bicyclic) bond motifs is 2. The molecule has 0 bridgehead atoms. The summed E-state index contributed by atoms with van der Waals surface area (Å²) in [5.74, 6) is 0. The van der Waals surface area contributed by atoms with Crippen LogP contribution in [0.4, 0.5) is 0 Å². The van der Waals surface area contributed by atoms with Crippen LogP contribution in [0.1, 0.15) is 49.3 Å². The van der Waals surface area contributed by atoms with Crippen LogP contribution >= 0.6 is 0 Å². The van der Waals surface area contributed by atoms with Crippen molar-refractivity contribution >= 4 is 5.57 Å². The van der Waals surface area contributed by atoms with E-state index >= 15 is 0 Å². The Labute approximate surface area is 92.0 Å². The van der Waals surface area contributed by atoms with Gasteiger partial charge in [-0.05, 0) is 60.8 Å². The highest BCUT2D eigenvalue weighted by Crippen LogP contribution is 2.42. The van der Waals surface area contributed by atoms with E-state index < -0.39 is 0 Å². The summed E-state index contributed by atoms with van der Waals surface area (Å²) in [6.07, 6.45) is 7.93. The fourth-order valence-electron chi connectivity index (χ4n) is 3.18. The zero-order valence-electron chi connectivity index (χ0n) is 9.47. The molecule has 2 aliphatic carbocycles. The molecule has 0 radical (unpaired) electrons. The van der Waals surface area contributed by atoms with Crippen molar-refractivity contribution in [3.05, 3.63) is 40.5 Å². The summed E-state index contributed by atoms with van der Waals surface area (Å²) in [4.78, 5) is 0. The molecule has 0 spiro atoms. The maximum absolute atomic E-state index is 2.33. The molecule has 3 rings (SSSR count). The average molecular weight is 198 g/mol. The normalized spacial score (nSPS) is 19.0. The molecule has 0 heteroatoms. The molecule has 0 N–H and O–H groups in total. The Morgan fingerprint density at radius 2 is 2.00 bits per heavy atom. The average Bonchev–Trinajstić information content (AvgIpc) is 2.67. The van der Waals surface area contributed by atoms with Crippen molar-refractivity contribution in [1.82, 2.24) is 0 Å². The SMILES string of the molecule is CCc1cccc2c1C1=C(CCCC1)C2. The lowest BCUT2D eigenvalue weighted by Crippen LogP contribution is -1.96. The molecule has 0 amide bonds. The van der Waals surface area contributed by atoms with E-state index in [0.717, 1.165) is 0 Å². The molecule has 0 saturated heterocycles. The zero-order valence-corrected chi connectivity index (χ0v) is 9.47. The molecule has 15 heavy (non-hydrogen) atoms. The zero-order chi connectivity index (χ0) is 10.3. The van der Waals surface area contributed by atoms with Crippen molar-refractivity contribution < 1.29 is 0 Å². The molecule has 0 nitrogen and oxygen atoms in total. The molecule has 2 aliphatic rings. The first kappa shape index (κ1) is 9.21. The molecule has 0 atom stereocenters. The van der Waals surface area contributed by atoms with Gasteiger partial charge in [-0.25, -0.2) is 0 Å². The minimum atomic E-state index is 1.18. The fraction of sp³-hybridized carbons (Fsp3) is 0.467. The van der Waals surface area contributed by atoms with Gasteiger partial charge in [-0.15, -0.1) is 0 Å². The molecule has 0 aliphatic heterocycles. The summed E-state index contributed by atoms with van der Waals surface area (Å²) in [6.45, 7) is 2.27. The van der Waals surface area contributed by atoms with Crippen molar-refractivity contribution in [3.8, 4) is 0 Å². The van der Waals surface area contributed by atoms with Gasteiger partial charge in [-0.1, -0.05) is 30.7 Å². The predicted molar refractivity (Wildman–Crippen MR) is 64.9 cm³/mol. The first-order chi connectivity index (χ1) is 7.40. The van der Waals surface area contributed by atoms with Crippen LogP contribution in [0.25, 0.3) is 5.57 Å². The highest BCUT2D eigenvalue weighted by Gasteiger charge is 2.24. The van der Waals surface area contributed by atoms with Crippen LogP contribution in [0.2, 0.25) is 0 Å². The van der Waals surface area contributed by atoms with Crippen LogP contribution in [0, 0.1) is 0 Å². The largest absolute Gasteiger partial charge is 0.0620 e. The molecular formula is C15H18. The van der Waals surface area contributed by atoms with Crippen molar-refractivity contribution in [3.63, 3.8) is 0 Å². The van der Waals surface area contributed by atoms with Gasteiger partial charge in [0, 0.05) is 0 Å². The van der Waals surface area contributed by atoms with Crippen LogP contribution < -0.4 is 0 Å². The summed E-state index contributed by atoms with van der Waals surface area (Å²) >= 11 is 0. The monoisotopic (exact) mass is 198 g/mol. The standard InChI is InChI=1S/C15H18/c1-2-11-7-5-8-13-10-12-6-3-4-9-14(12)15(11)13/h5,7-8H,2-4,6,9-10H2,1H3. The molecule has 0 aromatic heterocycles. The topological polar surface area (TPSA) is 0 Å². The molecule has 0 unspecified atom stereocenters. The van der Waals surface area contributed by atoms with Crippen LogP contribution in [0.15, 0.2) is 23.8 Å². The lowest BCUT2D eigenvalue weighted by molar-refractivity contribution is 0.711. The lowest BCUT2D eigenvalue weighted by Gasteiger charge is -2.16. The Morgan fingerprint density at radius 1 is 1.13 bits per heavy atom. The highest BCUT2D eigenvalue weighted by atomic mass is 14.3. The summed E-state index contributed by atoms with van der Waals surface area (Å²) in [7, 11) is 0. The van der Waals surface area contributed by atoms with E-state index in [1.165, 1.54) is 38.5 Å². The Morgan fingerprint density at radius 3 is 2.87 bits per heavy atom. The second kappa shape index (κ2) is 3.52. The third-order valence-electron chi connectivity index (χ3n) is 3.91. The number of hydrogen-bond acceptors (Lipinski definition) is 0. The van der Waals surface area contributed by atoms with Gasteiger partial charge in [0.15, 0.2) is 0 Å². The smallest absolute Gasteiger partial charge is 0.00549 e. The van der Waals surface area contributed by atoms with Gasteiger partial charge in [0.1, 0.15) is 0 Å². The van der Waals surface area contributed by atoms with E-state index in [4.69, 9.17) is 0 Å². The minimum Gasteiger partial charge on any atom is -0.0620 e. The summed E-state index contributed by atoms with van der Waals surface area (Å²) in [5.41, 5.74) is 8.26. The van der Waals surface area contributed by atoms with Crippen molar-refractivity contribution in [1.29, 1.82) is 0 Å². The fourth-order valence-corrected chi connectivity index (χ4v) is 3.18. The van der Waals surface area contributed by atoms with Crippen LogP contribution in [0.3, 0.4) is 0 Å². The van der Waals surface area contributed by atoms with Crippen LogP contribution in [-0.2, 0) is 12.8 Å². The van der Waals surface area contributed by atoms with Gasteiger partial charge >= 0.3 is 0 Å². The predicted octanol–water partition coefficient (Wildman–Crippen LogP) is 4.13. The number of hydrogen-bond donors (Lipinski definition) is 0. The molecule has 78 valence electrons. The Hall–Kier alpha value is -1.04. The van der Waals surface area contributed by atoms with E-state index in [9.17, 15) is 0 Å². The number of rotatable bonds is 1. The van der Waals surface area contributed by atoms with Crippen LogP contribution in [-0.4, -0.2) is 0 Å². The minimum absolute atomic E-state index is 1.18. The Balaban J connectivity index is 2.15. The second-order valence-corrected chi connectivity index (χ2v) is 4.77. The van der Waals surface area contributed by atoms with E-state index in [2.05, 4.69) is 25.1 Å². The summed E-state index contributed by atoms with van der Waals surface area (Å²) in [5, 5.41) is 0. The highest BCUT2D eigenvalue weighted by molar-refractivity contribution is 5.79. The van der Waals surface area contributed by atoms with Gasteiger partial charge < -0.3 is 0 Å². The van der Waals surface area contributed by atoms with Crippen molar-refractivity contribution in [2.24, 2.45) is 0 Å². The van der Waals surface area contributed by atoms with Gasteiger partial charge in [0.2, 0.25) is 0 Å². The number of benzene rings is 1. The second-order valence-electron chi connectivity index (χ2n) is 4.77. The quantitative estimate of drug-likeness (QED) is 0.636. The van der Waals surface area contributed by atoms with E-state index in [1.54, 1.807) is 27.8 Å². The maximum atomic E-state index is 2.33. The van der Waals surface area contributed by atoms with Crippen LogP contribution in [0.5, 0.6) is 0 Å². The molecule has 0 heterocycles. The van der Waals surface area contributed by atoms with Crippen molar-refractivity contribution in [2.75, 3.05) is 0 Å². The van der Waals surface area contributed by atoms with E-state index in [1.807, 2.05) is 0 Å². The molecule has 1 aromatic rings. The molecular weight excluding hydrogens is 180 g/mol. The summed E-state index contributed by atoms with van der Waals surface area (Å²) < 4.78 is 0.